The number of nitrogens with two attached hydrogens (primary N) is 1. The number of nitrogens with one attached hydrogen (secondary N) is 1. The molecule has 1 atom stereocenters. The molecule has 0 amide bonds. The van der Waals surface area contributed by atoms with Crippen molar-refractivity contribution in [3.05, 3.63) is 29.6 Å². The predicted molar refractivity (Wildman–Crippen MR) is 54.9 cm³/mol. The SMILES string of the molecule is CCC(C(=O)O)c1cc(F)ccc1NN. The number of carboxylic acids is 1. The van der Waals surface area contributed by atoms with E-state index in [0.717, 1.165) is 0 Å². The third-order valence-electron chi connectivity index (χ3n) is 2.25. The second-order valence-electron chi connectivity index (χ2n) is 3.17. The highest BCUT2D eigenvalue weighted by atomic mass is 19.1. The maximum atomic E-state index is 13.0. The fourth-order valence-corrected chi connectivity index (χ4v) is 1.48. The van der Waals surface area contributed by atoms with Gasteiger partial charge in [-0.3, -0.25) is 10.6 Å². The van der Waals surface area contributed by atoms with Gasteiger partial charge in [-0.1, -0.05) is 6.92 Å². The Morgan fingerprint density at radius 2 is 2.33 bits per heavy atom. The Morgan fingerprint density at radius 3 is 2.80 bits per heavy atom. The molecular weight excluding hydrogens is 199 g/mol. The summed E-state index contributed by atoms with van der Waals surface area (Å²) >= 11 is 0. The van der Waals surface area contributed by atoms with Crippen LogP contribution in [0.2, 0.25) is 0 Å². The molecule has 0 aliphatic rings. The first-order chi connectivity index (χ1) is 7.10. The molecule has 4 nitrogen and oxygen atoms in total. The van der Waals surface area contributed by atoms with Gasteiger partial charge in [0.25, 0.3) is 0 Å². The van der Waals surface area contributed by atoms with Crippen molar-refractivity contribution < 1.29 is 14.3 Å². The summed E-state index contributed by atoms with van der Waals surface area (Å²) in [6, 6.07) is 3.85. The molecule has 4 N–H and O–H groups in total. The molecule has 0 aromatic heterocycles. The number of nitrogen functional groups attached to an aromatic ring is 1. The van der Waals surface area contributed by atoms with E-state index in [-0.39, 0.29) is 0 Å². The largest absolute Gasteiger partial charge is 0.481 e. The van der Waals surface area contributed by atoms with Gasteiger partial charge in [-0.25, -0.2) is 4.39 Å². The Hall–Kier alpha value is -1.62. The molecule has 82 valence electrons. The Bertz CT molecular complexity index is 368. The number of aliphatic carboxylic acids is 1. The van der Waals surface area contributed by atoms with Crippen LogP contribution in [0.3, 0.4) is 0 Å². The van der Waals surface area contributed by atoms with Crippen LogP contribution in [-0.4, -0.2) is 11.1 Å². The molecule has 0 radical (unpaired) electrons. The van der Waals surface area contributed by atoms with E-state index in [1.54, 1.807) is 6.92 Å². The molecule has 1 aromatic carbocycles. The van der Waals surface area contributed by atoms with Crippen LogP contribution in [0.4, 0.5) is 10.1 Å². The molecule has 0 spiro atoms. The summed E-state index contributed by atoms with van der Waals surface area (Å²) in [5.41, 5.74) is 3.17. The maximum absolute atomic E-state index is 13.0. The molecule has 5 heteroatoms. The van der Waals surface area contributed by atoms with Gasteiger partial charge < -0.3 is 10.5 Å². The third-order valence-corrected chi connectivity index (χ3v) is 2.25. The molecule has 1 rings (SSSR count). The van der Waals surface area contributed by atoms with Gasteiger partial charge in [0, 0.05) is 0 Å². The van der Waals surface area contributed by atoms with Crippen LogP contribution < -0.4 is 11.3 Å². The minimum atomic E-state index is -0.986. The Kier molecular flexibility index (Phi) is 3.62. The average Bonchev–Trinajstić information content (AvgIpc) is 2.18. The summed E-state index contributed by atoms with van der Waals surface area (Å²) in [5.74, 6) is 3.03. The number of carbonyl (C=O) groups is 1. The van der Waals surface area contributed by atoms with E-state index < -0.39 is 17.7 Å². The number of anilines is 1. The highest BCUT2D eigenvalue weighted by molar-refractivity contribution is 5.78. The maximum Gasteiger partial charge on any atom is 0.311 e. The van der Waals surface area contributed by atoms with Gasteiger partial charge in [0.1, 0.15) is 5.82 Å². The predicted octanol–water partition coefficient (Wildman–Crippen LogP) is 1.69. The zero-order valence-corrected chi connectivity index (χ0v) is 8.33. The molecule has 1 aromatic rings. The molecule has 0 saturated carbocycles. The van der Waals surface area contributed by atoms with E-state index in [0.29, 0.717) is 17.7 Å². The van der Waals surface area contributed by atoms with E-state index in [9.17, 15) is 9.18 Å². The van der Waals surface area contributed by atoms with Gasteiger partial charge in [0.05, 0.1) is 11.6 Å². The highest BCUT2D eigenvalue weighted by Gasteiger charge is 2.21. The van der Waals surface area contributed by atoms with Crippen LogP contribution in [0.1, 0.15) is 24.8 Å². The van der Waals surface area contributed by atoms with Crippen molar-refractivity contribution in [2.75, 3.05) is 5.43 Å². The fourth-order valence-electron chi connectivity index (χ4n) is 1.48. The van der Waals surface area contributed by atoms with Crippen LogP contribution in [0, 0.1) is 5.82 Å². The molecule has 0 saturated heterocycles. The summed E-state index contributed by atoms with van der Waals surface area (Å²) in [6.07, 6.45) is 0.382. The summed E-state index contributed by atoms with van der Waals surface area (Å²) < 4.78 is 13.0. The third kappa shape index (κ3) is 2.44. The van der Waals surface area contributed by atoms with Gasteiger partial charge in [-0.15, -0.1) is 0 Å². The van der Waals surface area contributed by atoms with Gasteiger partial charge in [-0.2, -0.15) is 0 Å². The lowest BCUT2D eigenvalue weighted by molar-refractivity contribution is -0.138. The molecule has 15 heavy (non-hydrogen) atoms. The zero-order chi connectivity index (χ0) is 11.4. The van der Waals surface area contributed by atoms with Crippen LogP contribution in [-0.2, 0) is 4.79 Å². The molecule has 0 bridgehead atoms. The first-order valence-corrected chi connectivity index (χ1v) is 4.59. The Balaban J connectivity index is 3.19. The lowest BCUT2D eigenvalue weighted by Gasteiger charge is -2.14. The summed E-state index contributed by atoms with van der Waals surface area (Å²) in [4.78, 5) is 10.9. The minimum absolute atomic E-state index is 0.368. The van der Waals surface area contributed by atoms with Crippen molar-refractivity contribution >= 4 is 11.7 Å². The Labute approximate surface area is 86.9 Å². The lowest BCUT2D eigenvalue weighted by Crippen LogP contribution is -2.16. The number of hydrogen-bond acceptors (Lipinski definition) is 3. The van der Waals surface area contributed by atoms with Crippen LogP contribution >= 0.6 is 0 Å². The number of hydrazine groups is 1. The second-order valence-corrected chi connectivity index (χ2v) is 3.17. The van der Waals surface area contributed by atoms with Crippen LogP contribution in [0.25, 0.3) is 0 Å². The fraction of sp³-hybridized carbons (Fsp3) is 0.300. The van der Waals surface area contributed by atoms with Crippen molar-refractivity contribution in [2.24, 2.45) is 5.84 Å². The molecule has 0 heterocycles. The topological polar surface area (TPSA) is 75.3 Å². The van der Waals surface area contributed by atoms with Crippen LogP contribution in [0.15, 0.2) is 18.2 Å². The number of hydrogen-bond donors (Lipinski definition) is 3. The van der Waals surface area contributed by atoms with E-state index in [4.69, 9.17) is 10.9 Å². The average molecular weight is 212 g/mol. The number of benzene rings is 1. The van der Waals surface area contributed by atoms with Gasteiger partial charge in [0.15, 0.2) is 0 Å². The molecule has 1 unspecified atom stereocenters. The smallest absolute Gasteiger partial charge is 0.311 e. The van der Waals surface area contributed by atoms with Crippen molar-refractivity contribution in [1.29, 1.82) is 0 Å². The molecule has 0 fully saturated rings. The standard InChI is InChI=1S/C10H13FN2O2/c1-2-7(10(14)15)8-5-6(11)3-4-9(8)13-12/h3-5,7,13H,2,12H2,1H3,(H,14,15). The van der Waals surface area contributed by atoms with E-state index in [2.05, 4.69) is 5.43 Å². The first kappa shape index (κ1) is 11.5. The highest BCUT2D eigenvalue weighted by Crippen LogP contribution is 2.27. The minimum Gasteiger partial charge on any atom is -0.481 e. The number of halogens is 1. The van der Waals surface area contributed by atoms with E-state index in [1.165, 1.54) is 18.2 Å². The summed E-state index contributed by atoms with van der Waals surface area (Å²) in [5, 5.41) is 8.95. The van der Waals surface area contributed by atoms with Crippen molar-refractivity contribution in [3.8, 4) is 0 Å². The summed E-state index contributed by atoms with van der Waals surface area (Å²) in [7, 11) is 0. The quantitative estimate of drug-likeness (QED) is 0.524. The number of carboxylic acid groups (broad SMARTS) is 1. The monoisotopic (exact) mass is 212 g/mol. The first-order valence-electron chi connectivity index (χ1n) is 4.59. The van der Waals surface area contributed by atoms with E-state index >= 15 is 0 Å². The van der Waals surface area contributed by atoms with Gasteiger partial charge in [0.2, 0.25) is 0 Å². The zero-order valence-electron chi connectivity index (χ0n) is 8.33. The van der Waals surface area contributed by atoms with Crippen molar-refractivity contribution in [2.45, 2.75) is 19.3 Å². The molecular formula is C10H13FN2O2. The van der Waals surface area contributed by atoms with Crippen molar-refractivity contribution in [1.82, 2.24) is 0 Å². The molecule has 0 aliphatic heterocycles. The second kappa shape index (κ2) is 4.75. The normalized spacial score (nSPS) is 12.2. The summed E-state index contributed by atoms with van der Waals surface area (Å²) in [6.45, 7) is 1.73. The van der Waals surface area contributed by atoms with E-state index in [1.807, 2.05) is 0 Å². The van der Waals surface area contributed by atoms with Crippen molar-refractivity contribution in [3.63, 3.8) is 0 Å². The number of rotatable bonds is 4. The van der Waals surface area contributed by atoms with Gasteiger partial charge >= 0.3 is 5.97 Å². The molecule has 0 aliphatic carbocycles. The Morgan fingerprint density at radius 1 is 1.67 bits per heavy atom. The van der Waals surface area contributed by atoms with Crippen LogP contribution in [0.5, 0.6) is 0 Å². The lowest BCUT2D eigenvalue weighted by atomic mass is 9.95. The van der Waals surface area contributed by atoms with Gasteiger partial charge in [-0.05, 0) is 30.2 Å².